The number of nitrogens with zero attached hydrogens (tertiary/aromatic N) is 2. The number of piperidine rings is 1. The van der Waals surface area contributed by atoms with Crippen LogP contribution >= 0.6 is 0 Å². The van der Waals surface area contributed by atoms with Crippen molar-refractivity contribution in [3.05, 3.63) is 35.9 Å². The second-order valence-electron chi connectivity index (χ2n) is 6.30. The van der Waals surface area contributed by atoms with Crippen molar-refractivity contribution in [2.24, 2.45) is 5.92 Å². The molecule has 0 aromatic heterocycles. The van der Waals surface area contributed by atoms with E-state index in [9.17, 15) is 13.2 Å². The van der Waals surface area contributed by atoms with E-state index >= 15 is 0 Å². The number of likely N-dealkylation sites (N-methyl/N-ethyl adjacent to an activating group) is 2. The maximum Gasteiger partial charge on any atom is 0.226 e. The van der Waals surface area contributed by atoms with Crippen LogP contribution in [0.3, 0.4) is 0 Å². The van der Waals surface area contributed by atoms with Crippen LogP contribution in [0.25, 0.3) is 0 Å². The van der Waals surface area contributed by atoms with E-state index in [1.165, 1.54) is 4.31 Å². The number of amides is 1. The van der Waals surface area contributed by atoms with Crippen LogP contribution in [0.4, 0.5) is 0 Å². The maximum atomic E-state index is 12.7. The van der Waals surface area contributed by atoms with Gasteiger partial charge in [0, 0.05) is 33.2 Å². The molecular formula is C17H27N3O3S. The minimum Gasteiger partial charge on any atom is -0.344 e. The first-order chi connectivity index (χ1) is 11.4. The van der Waals surface area contributed by atoms with Crippen molar-refractivity contribution >= 4 is 15.9 Å². The molecule has 2 rings (SSSR count). The van der Waals surface area contributed by atoms with Gasteiger partial charge < -0.3 is 10.2 Å². The molecule has 0 bridgehead atoms. The highest BCUT2D eigenvalue weighted by Crippen LogP contribution is 2.22. The van der Waals surface area contributed by atoms with Crippen LogP contribution in [0.15, 0.2) is 30.3 Å². The molecule has 1 heterocycles. The van der Waals surface area contributed by atoms with Crippen LogP contribution in [0.2, 0.25) is 0 Å². The van der Waals surface area contributed by atoms with Crippen LogP contribution in [-0.2, 0) is 20.6 Å². The summed E-state index contributed by atoms with van der Waals surface area (Å²) in [6, 6.07) is 9.17. The molecular weight excluding hydrogens is 326 g/mol. The Bertz CT molecular complexity index is 634. The average molecular weight is 353 g/mol. The van der Waals surface area contributed by atoms with Crippen molar-refractivity contribution in [3.8, 4) is 0 Å². The van der Waals surface area contributed by atoms with Gasteiger partial charge in [-0.2, -0.15) is 0 Å². The number of benzene rings is 1. The fraction of sp³-hybridized carbons (Fsp3) is 0.588. The van der Waals surface area contributed by atoms with Crippen molar-refractivity contribution in [2.75, 3.05) is 40.3 Å². The van der Waals surface area contributed by atoms with Crippen LogP contribution in [0.1, 0.15) is 18.4 Å². The number of carbonyl (C=O) groups is 1. The van der Waals surface area contributed by atoms with E-state index in [1.807, 2.05) is 37.4 Å². The normalized spacial score (nSPS) is 19.2. The number of nitrogens with one attached hydrogen (secondary N) is 1. The molecule has 1 aliphatic rings. The summed E-state index contributed by atoms with van der Waals surface area (Å²) in [4.78, 5) is 14.2. The molecule has 0 aliphatic carbocycles. The standard InChI is InChI=1S/C17H27N3O3S/c1-18-10-12-19(2)17(21)16-9-6-11-20(13-16)24(22,23)14-15-7-4-3-5-8-15/h3-5,7-8,16,18H,6,9-14H2,1-2H3. The monoisotopic (exact) mass is 353 g/mol. The highest BCUT2D eigenvalue weighted by Gasteiger charge is 2.33. The zero-order valence-corrected chi connectivity index (χ0v) is 15.3. The summed E-state index contributed by atoms with van der Waals surface area (Å²) in [7, 11) is 0.224. The maximum absolute atomic E-state index is 12.7. The van der Waals surface area contributed by atoms with Crippen molar-refractivity contribution in [2.45, 2.75) is 18.6 Å². The molecule has 1 fully saturated rings. The number of hydrogen-bond acceptors (Lipinski definition) is 4. The summed E-state index contributed by atoms with van der Waals surface area (Å²) in [5, 5.41) is 3.02. The highest BCUT2D eigenvalue weighted by atomic mass is 32.2. The Morgan fingerprint density at radius 2 is 2.04 bits per heavy atom. The number of carbonyl (C=O) groups excluding carboxylic acids is 1. The van der Waals surface area contributed by atoms with Gasteiger partial charge in [0.05, 0.1) is 11.7 Å². The van der Waals surface area contributed by atoms with Gasteiger partial charge in [0.2, 0.25) is 15.9 Å². The first-order valence-corrected chi connectivity index (χ1v) is 9.96. The van der Waals surface area contributed by atoms with E-state index in [1.54, 1.807) is 11.9 Å². The van der Waals surface area contributed by atoms with Crippen molar-refractivity contribution in [1.82, 2.24) is 14.5 Å². The molecule has 1 unspecified atom stereocenters. The van der Waals surface area contributed by atoms with Crippen LogP contribution < -0.4 is 5.32 Å². The molecule has 24 heavy (non-hydrogen) atoms. The predicted octanol–water partition coefficient (Wildman–Crippen LogP) is 0.906. The fourth-order valence-corrected chi connectivity index (χ4v) is 4.58. The van der Waals surface area contributed by atoms with Crippen molar-refractivity contribution < 1.29 is 13.2 Å². The third kappa shape index (κ3) is 5.03. The Morgan fingerprint density at radius 1 is 1.33 bits per heavy atom. The first-order valence-electron chi connectivity index (χ1n) is 8.35. The quantitative estimate of drug-likeness (QED) is 0.791. The second kappa shape index (κ2) is 8.60. The van der Waals surface area contributed by atoms with Crippen LogP contribution in [0.5, 0.6) is 0 Å². The van der Waals surface area contributed by atoms with Gasteiger partial charge >= 0.3 is 0 Å². The highest BCUT2D eigenvalue weighted by molar-refractivity contribution is 7.88. The minimum atomic E-state index is -3.40. The van der Waals surface area contributed by atoms with Crippen LogP contribution in [0, 0.1) is 5.92 Å². The Hall–Kier alpha value is -1.44. The Morgan fingerprint density at radius 3 is 2.71 bits per heavy atom. The Labute approximate surface area is 144 Å². The molecule has 1 aliphatic heterocycles. The van der Waals surface area contributed by atoms with Gasteiger partial charge in [-0.1, -0.05) is 30.3 Å². The summed E-state index contributed by atoms with van der Waals surface area (Å²) in [6.07, 6.45) is 1.48. The Kier molecular flexibility index (Phi) is 6.77. The summed E-state index contributed by atoms with van der Waals surface area (Å²) in [5.41, 5.74) is 0.775. The van der Waals surface area contributed by atoms with Gasteiger partial charge in [0.1, 0.15) is 0 Å². The SMILES string of the molecule is CNCCN(C)C(=O)C1CCCN(S(=O)(=O)Cc2ccccc2)C1. The molecule has 1 aromatic rings. The largest absolute Gasteiger partial charge is 0.344 e. The molecule has 0 spiro atoms. The average Bonchev–Trinajstić information content (AvgIpc) is 2.59. The number of hydrogen-bond donors (Lipinski definition) is 1. The van der Waals surface area contributed by atoms with E-state index in [0.29, 0.717) is 13.1 Å². The van der Waals surface area contributed by atoms with E-state index in [0.717, 1.165) is 24.9 Å². The molecule has 6 nitrogen and oxygen atoms in total. The molecule has 1 amide bonds. The van der Waals surface area contributed by atoms with E-state index in [2.05, 4.69) is 5.32 Å². The van der Waals surface area contributed by atoms with Gasteiger partial charge in [0.25, 0.3) is 0 Å². The lowest BCUT2D eigenvalue weighted by molar-refractivity contribution is -0.135. The van der Waals surface area contributed by atoms with E-state index < -0.39 is 10.0 Å². The number of sulfonamides is 1. The molecule has 0 radical (unpaired) electrons. The summed E-state index contributed by atoms with van der Waals surface area (Å²) in [5.74, 6) is -0.222. The molecule has 1 N–H and O–H groups in total. The molecule has 1 saturated heterocycles. The molecule has 1 aromatic carbocycles. The third-order valence-corrected chi connectivity index (χ3v) is 6.21. The second-order valence-corrected chi connectivity index (χ2v) is 8.27. The van der Waals surface area contributed by atoms with Gasteiger partial charge in [-0.25, -0.2) is 12.7 Å². The summed E-state index contributed by atoms with van der Waals surface area (Å²) in [6.45, 7) is 2.14. The topological polar surface area (TPSA) is 69.7 Å². The lowest BCUT2D eigenvalue weighted by Gasteiger charge is -2.33. The lowest BCUT2D eigenvalue weighted by atomic mass is 9.98. The van der Waals surface area contributed by atoms with Crippen molar-refractivity contribution in [1.29, 1.82) is 0 Å². The van der Waals surface area contributed by atoms with Gasteiger partial charge in [-0.05, 0) is 25.5 Å². The van der Waals surface area contributed by atoms with Gasteiger partial charge in [-0.3, -0.25) is 4.79 Å². The molecule has 0 saturated carbocycles. The van der Waals surface area contributed by atoms with E-state index in [4.69, 9.17) is 0 Å². The van der Waals surface area contributed by atoms with Crippen molar-refractivity contribution in [3.63, 3.8) is 0 Å². The third-order valence-electron chi connectivity index (χ3n) is 4.39. The van der Waals surface area contributed by atoms with Gasteiger partial charge in [-0.15, -0.1) is 0 Å². The Balaban J connectivity index is 2.00. The zero-order chi connectivity index (χ0) is 17.6. The first kappa shape index (κ1) is 18.9. The van der Waals surface area contributed by atoms with Gasteiger partial charge in [0.15, 0.2) is 0 Å². The lowest BCUT2D eigenvalue weighted by Crippen LogP contribution is -2.47. The zero-order valence-electron chi connectivity index (χ0n) is 14.4. The molecule has 7 heteroatoms. The number of rotatable bonds is 7. The fourth-order valence-electron chi connectivity index (χ4n) is 2.97. The smallest absolute Gasteiger partial charge is 0.226 e. The van der Waals surface area contributed by atoms with E-state index in [-0.39, 0.29) is 24.1 Å². The molecule has 134 valence electrons. The minimum absolute atomic E-state index is 0.00958. The van der Waals surface area contributed by atoms with Crippen LogP contribution in [-0.4, -0.2) is 63.8 Å². The molecule has 1 atom stereocenters. The summed E-state index contributed by atoms with van der Waals surface area (Å²) >= 11 is 0. The summed E-state index contributed by atoms with van der Waals surface area (Å²) < 4.78 is 26.8. The predicted molar refractivity (Wildman–Crippen MR) is 94.9 cm³/mol.